The molecule has 0 saturated heterocycles. The van der Waals surface area contributed by atoms with E-state index < -0.39 is 18.0 Å². The van der Waals surface area contributed by atoms with Gasteiger partial charge >= 0.3 is 6.18 Å². The van der Waals surface area contributed by atoms with Crippen LogP contribution in [0.15, 0.2) is 24.5 Å². The van der Waals surface area contributed by atoms with Gasteiger partial charge < -0.3 is 20.3 Å². The average Bonchev–Trinajstić information content (AvgIpc) is 3.44. The van der Waals surface area contributed by atoms with Crippen molar-refractivity contribution in [1.29, 1.82) is 0 Å². The van der Waals surface area contributed by atoms with Gasteiger partial charge in [0.1, 0.15) is 11.4 Å². The van der Waals surface area contributed by atoms with Crippen molar-refractivity contribution in [1.82, 2.24) is 15.0 Å². The molecule has 1 unspecified atom stereocenters. The molecule has 0 aromatic carbocycles. The van der Waals surface area contributed by atoms with Crippen molar-refractivity contribution in [3.63, 3.8) is 0 Å². The van der Waals surface area contributed by atoms with E-state index in [4.69, 9.17) is 4.74 Å². The van der Waals surface area contributed by atoms with Gasteiger partial charge in [-0.2, -0.15) is 18.2 Å². The standard InChI is InChI=1S/C17H19F3N6O/c1-2-26-9-13(27-12-4-3-7-21-15(12)26)24-16-22-8-11(17(18,19)20)14(25-16)23-10-5-6-10/h3-4,7-8,10,13H,2,5-6,9H2,1H3,(H2,22,23,24,25). The van der Waals surface area contributed by atoms with Gasteiger partial charge in [-0.25, -0.2) is 9.97 Å². The Labute approximate surface area is 154 Å². The van der Waals surface area contributed by atoms with Crippen LogP contribution in [0.25, 0.3) is 0 Å². The molecule has 3 heterocycles. The van der Waals surface area contributed by atoms with Gasteiger partial charge in [0.05, 0.1) is 6.54 Å². The lowest BCUT2D eigenvalue weighted by molar-refractivity contribution is -0.137. The summed E-state index contributed by atoms with van der Waals surface area (Å²) in [4.78, 5) is 14.2. The van der Waals surface area contributed by atoms with Crippen LogP contribution in [0.5, 0.6) is 5.75 Å². The van der Waals surface area contributed by atoms with Crippen LogP contribution < -0.4 is 20.3 Å². The molecule has 1 saturated carbocycles. The van der Waals surface area contributed by atoms with Gasteiger partial charge in [-0.3, -0.25) is 0 Å². The second kappa shape index (κ2) is 6.75. The number of ether oxygens (including phenoxy) is 1. The van der Waals surface area contributed by atoms with Gasteiger partial charge in [0, 0.05) is 25.0 Å². The zero-order chi connectivity index (χ0) is 19.0. The lowest BCUT2D eigenvalue weighted by Crippen LogP contribution is -2.45. The molecule has 1 atom stereocenters. The van der Waals surface area contributed by atoms with Crippen LogP contribution in [-0.4, -0.2) is 40.3 Å². The maximum Gasteiger partial charge on any atom is 0.421 e. The summed E-state index contributed by atoms with van der Waals surface area (Å²) in [7, 11) is 0. The Kier molecular flexibility index (Phi) is 4.40. The first-order valence-corrected chi connectivity index (χ1v) is 8.78. The summed E-state index contributed by atoms with van der Waals surface area (Å²) in [5, 5.41) is 5.81. The molecular weight excluding hydrogens is 361 g/mol. The second-order valence-corrected chi connectivity index (χ2v) is 6.49. The number of hydrogen-bond acceptors (Lipinski definition) is 7. The minimum atomic E-state index is -4.51. The summed E-state index contributed by atoms with van der Waals surface area (Å²) in [6.07, 6.45) is -0.854. The normalized spacial score (nSPS) is 19.3. The zero-order valence-electron chi connectivity index (χ0n) is 14.6. The highest BCUT2D eigenvalue weighted by Gasteiger charge is 2.37. The Balaban J connectivity index is 1.56. The van der Waals surface area contributed by atoms with Crippen molar-refractivity contribution < 1.29 is 17.9 Å². The molecule has 0 radical (unpaired) electrons. The fraction of sp³-hybridized carbons (Fsp3) is 0.471. The van der Waals surface area contributed by atoms with E-state index in [-0.39, 0.29) is 17.8 Å². The summed E-state index contributed by atoms with van der Waals surface area (Å²) >= 11 is 0. The predicted octanol–water partition coefficient (Wildman–Crippen LogP) is 3.12. The summed E-state index contributed by atoms with van der Waals surface area (Å²) in [6, 6.07) is 3.60. The average molecular weight is 380 g/mol. The number of pyridine rings is 1. The first-order valence-electron chi connectivity index (χ1n) is 8.78. The number of alkyl halides is 3. The molecule has 2 aromatic heterocycles. The SMILES string of the molecule is CCN1CC(Nc2ncc(C(F)(F)F)c(NC3CC3)n2)Oc2cccnc21. The summed E-state index contributed by atoms with van der Waals surface area (Å²) in [5.74, 6) is 1.22. The Bertz CT molecular complexity index is 827. The van der Waals surface area contributed by atoms with Gasteiger partial charge in [0.2, 0.25) is 5.95 Å². The van der Waals surface area contributed by atoms with Crippen molar-refractivity contribution >= 4 is 17.6 Å². The highest BCUT2D eigenvalue weighted by molar-refractivity contribution is 5.55. The number of hydrogen-bond donors (Lipinski definition) is 2. The molecular formula is C17H19F3N6O. The van der Waals surface area contributed by atoms with Gasteiger partial charge in [-0.05, 0) is 31.9 Å². The van der Waals surface area contributed by atoms with E-state index in [0.717, 1.165) is 24.9 Å². The number of nitrogens with one attached hydrogen (secondary N) is 2. The fourth-order valence-corrected chi connectivity index (χ4v) is 2.88. The highest BCUT2D eigenvalue weighted by Crippen LogP contribution is 2.36. The van der Waals surface area contributed by atoms with Crippen LogP contribution in [0.3, 0.4) is 0 Å². The van der Waals surface area contributed by atoms with Crippen LogP contribution >= 0.6 is 0 Å². The Hall–Kier alpha value is -2.78. The monoisotopic (exact) mass is 380 g/mol. The molecule has 144 valence electrons. The number of aromatic nitrogens is 3. The number of nitrogens with zero attached hydrogens (tertiary/aromatic N) is 4. The summed E-state index contributed by atoms with van der Waals surface area (Å²) in [6.45, 7) is 3.18. The van der Waals surface area contributed by atoms with E-state index in [1.165, 1.54) is 0 Å². The Morgan fingerprint density at radius 2 is 2.07 bits per heavy atom. The fourth-order valence-electron chi connectivity index (χ4n) is 2.88. The minimum absolute atomic E-state index is 0.0355. The number of likely N-dealkylation sites (N-methyl/N-ethyl adjacent to an activating group) is 1. The van der Waals surface area contributed by atoms with E-state index >= 15 is 0 Å². The minimum Gasteiger partial charge on any atom is -0.465 e. The van der Waals surface area contributed by atoms with Crippen molar-refractivity contribution in [2.45, 2.75) is 38.2 Å². The quantitative estimate of drug-likeness (QED) is 0.825. The number of halogens is 3. The molecule has 0 bridgehead atoms. The highest BCUT2D eigenvalue weighted by atomic mass is 19.4. The maximum atomic E-state index is 13.2. The smallest absolute Gasteiger partial charge is 0.421 e. The van der Waals surface area contributed by atoms with Crippen LogP contribution in [0, 0.1) is 0 Å². The van der Waals surface area contributed by atoms with Gasteiger partial charge in [0.15, 0.2) is 17.8 Å². The largest absolute Gasteiger partial charge is 0.465 e. The van der Waals surface area contributed by atoms with E-state index in [0.29, 0.717) is 18.8 Å². The zero-order valence-corrected chi connectivity index (χ0v) is 14.6. The van der Waals surface area contributed by atoms with Crippen molar-refractivity contribution in [3.05, 3.63) is 30.1 Å². The first kappa shape index (κ1) is 17.6. The predicted molar refractivity (Wildman–Crippen MR) is 93.8 cm³/mol. The Morgan fingerprint density at radius 3 is 2.78 bits per heavy atom. The van der Waals surface area contributed by atoms with Gasteiger partial charge in [0.25, 0.3) is 0 Å². The third kappa shape index (κ3) is 3.83. The lowest BCUT2D eigenvalue weighted by atomic mass is 10.3. The molecule has 2 aromatic rings. The van der Waals surface area contributed by atoms with Crippen LogP contribution in [0.4, 0.5) is 30.8 Å². The molecule has 0 spiro atoms. The van der Waals surface area contributed by atoms with Crippen molar-refractivity contribution in [2.24, 2.45) is 0 Å². The van der Waals surface area contributed by atoms with Gasteiger partial charge in [-0.15, -0.1) is 0 Å². The molecule has 2 aliphatic rings. The molecule has 1 aliphatic heterocycles. The molecule has 7 nitrogen and oxygen atoms in total. The van der Waals surface area contributed by atoms with Gasteiger partial charge in [-0.1, -0.05) is 0 Å². The third-order valence-electron chi connectivity index (χ3n) is 4.39. The van der Waals surface area contributed by atoms with E-state index in [9.17, 15) is 13.2 Å². The van der Waals surface area contributed by atoms with E-state index in [2.05, 4.69) is 25.6 Å². The maximum absolute atomic E-state index is 13.2. The molecule has 10 heteroatoms. The molecule has 27 heavy (non-hydrogen) atoms. The van der Waals surface area contributed by atoms with E-state index in [1.54, 1.807) is 18.3 Å². The molecule has 1 aliphatic carbocycles. The summed E-state index contributed by atoms with van der Waals surface area (Å²) < 4.78 is 45.4. The molecule has 1 fully saturated rings. The molecule has 4 rings (SSSR count). The van der Waals surface area contributed by atoms with Crippen molar-refractivity contribution in [2.75, 3.05) is 28.6 Å². The topological polar surface area (TPSA) is 75.2 Å². The van der Waals surface area contributed by atoms with Crippen molar-refractivity contribution in [3.8, 4) is 5.75 Å². The van der Waals surface area contributed by atoms with E-state index in [1.807, 2.05) is 11.8 Å². The van der Waals surface area contributed by atoms with Crippen LogP contribution in [-0.2, 0) is 6.18 Å². The Morgan fingerprint density at radius 1 is 1.26 bits per heavy atom. The molecule has 0 amide bonds. The molecule has 2 N–H and O–H groups in total. The number of fused-ring (bicyclic) bond motifs is 1. The first-order chi connectivity index (χ1) is 12.9. The van der Waals surface area contributed by atoms with Crippen LogP contribution in [0.1, 0.15) is 25.3 Å². The second-order valence-electron chi connectivity index (χ2n) is 6.49. The van der Waals surface area contributed by atoms with Crippen LogP contribution in [0.2, 0.25) is 0 Å². The number of rotatable bonds is 5. The third-order valence-corrected chi connectivity index (χ3v) is 4.39. The summed E-state index contributed by atoms with van der Waals surface area (Å²) in [5.41, 5.74) is -0.866. The number of anilines is 3. The lowest BCUT2D eigenvalue weighted by Gasteiger charge is -2.34.